The number of carbonyl (C=O) groups excluding carboxylic acids is 1. The van der Waals surface area contributed by atoms with Gasteiger partial charge in [0.15, 0.2) is 0 Å². The lowest BCUT2D eigenvalue weighted by Crippen LogP contribution is -2.21. The molecule has 0 bridgehead atoms. The molecule has 2 aromatic carbocycles. The maximum Gasteiger partial charge on any atom is 0.280 e. The van der Waals surface area contributed by atoms with E-state index in [0.717, 1.165) is 0 Å². The molecule has 2 aromatic rings. The van der Waals surface area contributed by atoms with Crippen molar-refractivity contribution < 1.29 is 9.18 Å². The van der Waals surface area contributed by atoms with Gasteiger partial charge in [-0.3, -0.25) is 4.79 Å². The van der Waals surface area contributed by atoms with E-state index in [9.17, 15) is 9.18 Å². The maximum atomic E-state index is 13.9. The van der Waals surface area contributed by atoms with Gasteiger partial charge in [0, 0.05) is 5.56 Å². The number of anilines is 1. The molecule has 0 spiro atoms. The van der Waals surface area contributed by atoms with Crippen LogP contribution in [-0.4, -0.2) is 11.6 Å². The molecule has 110 valence electrons. The number of carbonyl (C=O) groups is 1. The average Bonchev–Trinajstić information content (AvgIpc) is 2.79. The van der Waals surface area contributed by atoms with Crippen LogP contribution in [0.15, 0.2) is 59.2 Å². The van der Waals surface area contributed by atoms with Gasteiger partial charge in [0.2, 0.25) is 0 Å². The Labute approximate surface area is 132 Å². The second-order valence-electron chi connectivity index (χ2n) is 4.83. The molecule has 0 saturated carbocycles. The molecule has 0 aliphatic carbocycles. The summed E-state index contributed by atoms with van der Waals surface area (Å²) in [4.78, 5) is 12.5. The standard InChI is InChI=1S/C17H12ClFN2O/c1-11-13(10-14-15(18)8-5-9-16(14)19)17(22)21(20-11)12-6-3-2-4-7-12/h2-10H,1H3/b13-10+. The molecule has 3 nitrogen and oxygen atoms in total. The van der Waals surface area contributed by atoms with Crippen LogP contribution >= 0.6 is 11.6 Å². The fraction of sp³-hybridized carbons (Fsp3) is 0.0588. The summed E-state index contributed by atoms with van der Waals surface area (Å²) in [5.41, 5.74) is 1.70. The summed E-state index contributed by atoms with van der Waals surface area (Å²) < 4.78 is 13.9. The fourth-order valence-electron chi connectivity index (χ4n) is 2.22. The molecule has 0 aromatic heterocycles. The van der Waals surface area contributed by atoms with E-state index in [1.807, 2.05) is 18.2 Å². The summed E-state index contributed by atoms with van der Waals surface area (Å²) in [6.07, 6.45) is 1.45. The van der Waals surface area contributed by atoms with Gasteiger partial charge in [-0.25, -0.2) is 4.39 Å². The van der Waals surface area contributed by atoms with Crippen molar-refractivity contribution in [3.8, 4) is 0 Å². The largest absolute Gasteiger partial charge is 0.280 e. The van der Waals surface area contributed by atoms with Crippen molar-refractivity contribution in [1.29, 1.82) is 0 Å². The first-order valence-corrected chi connectivity index (χ1v) is 7.06. The minimum atomic E-state index is -0.473. The van der Waals surface area contributed by atoms with Crippen molar-refractivity contribution in [3.63, 3.8) is 0 Å². The van der Waals surface area contributed by atoms with Crippen molar-refractivity contribution in [2.45, 2.75) is 6.92 Å². The van der Waals surface area contributed by atoms with Crippen molar-refractivity contribution >= 4 is 35.0 Å². The number of hydrazone groups is 1. The number of hydrogen-bond donors (Lipinski definition) is 0. The van der Waals surface area contributed by atoms with Gasteiger partial charge in [-0.15, -0.1) is 0 Å². The predicted octanol–water partition coefficient (Wildman–Crippen LogP) is 4.29. The van der Waals surface area contributed by atoms with Gasteiger partial charge in [0.25, 0.3) is 5.91 Å². The zero-order valence-corrected chi connectivity index (χ0v) is 12.5. The van der Waals surface area contributed by atoms with E-state index in [4.69, 9.17) is 11.6 Å². The quantitative estimate of drug-likeness (QED) is 0.761. The SMILES string of the molecule is CC1=NN(c2ccccc2)C(=O)/C1=C/c1c(F)cccc1Cl. The Morgan fingerprint density at radius 2 is 1.86 bits per heavy atom. The highest BCUT2D eigenvalue weighted by molar-refractivity contribution is 6.34. The molecule has 0 saturated heterocycles. The number of rotatable bonds is 2. The second kappa shape index (κ2) is 5.73. The van der Waals surface area contributed by atoms with Gasteiger partial charge in [-0.1, -0.05) is 35.9 Å². The Bertz CT molecular complexity index is 779. The van der Waals surface area contributed by atoms with E-state index in [-0.39, 0.29) is 16.5 Å². The predicted molar refractivity (Wildman–Crippen MR) is 86.4 cm³/mol. The van der Waals surface area contributed by atoms with Gasteiger partial charge in [0.1, 0.15) is 5.82 Å². The Hall–Kier alpha value is -2.46. The number of benzene rings is 2. The molecule has 1 amide bonds. The normalized spacial score (nSPS) is 16.3. The number of amides is 1. The van der Waals surface area contributed by atoms with Crippen molar-refractivity contribution in [2.24, 2.45) is 5.10 Å². The van der Waals surface area contributed by atoms with E-state index in [2.05, 4.69) is 5.10 Å². The summed E-state index contributed by atoms with van der Waals surface area (Å²) in [5, 5.41) is 5.80. The molecule has 0 atom stereocenters. The molecule has 3 rings (SSSR count). The van der Waals surface area contributed by atoms with Crippen molar-refractivity contribution in [2.75, 3.05) is 5.01 Å². The van der Waals surface area contributed by atoms with Crippen LogP contribution in [0.2, 0.25) is 5.02 Å². The highest BCUT2D eigenvalue weighted by atomic mass is 35.5. The van der Waals surface area contributed by atoms with Gasteiger partial charge < -0.3 is 0 Å². The summed E-state index contributed by atoms with van der Waals surface area (Å²) in [7, 11) is 0. The first-order chi connectivity index (χ1) is 10.6. The first-order valence-electron chi connectivity index (χ1n) is 6.68. The van der Waals surface area contributed by atoms with E-state index < -0.39 is 5.82 Å². The fourth-order valence-corrected chi connectivity index (χ4v) is 2.44. The molecule has 0 unspecified atom stereocenters. The van der Waals surface area contributed by atoms with Crippen LogP contribution in [0.3, 0.4) is 0 Å². The lowest BCUT2D eigenvalue weighted by Gasteiger charge is -2.11. The lowest BCUT2D eigenvalue weighted by molar-refractivity contribution is -0.114. The number of para-hydroxylation sites is 1. The van der Waals surface area contributed by atoms with Crippen LogP contribution in [0.5, 0.6) is 0 Å². The van der Waals surface area contributed by atoms with Crippen LogP contribution in [0.4, 0.5) is 10.1 Å². The summed E-state index contributed by atoms with van der Waals surface area (Å²) >= 11 is 6.01. The minimum absolute atomic E-state index is 0.192. The number of hydrogen-bond acceptors (Lipinski definition) is 2. The maximum absolute atomic E-state index is 13.9. The highest BCUT2D eigenvalue weighted by Gasteiger charge is 2.29. The smallest absolute Gasteiger partial charge is 0.267 e. The highest BCUT2D eigenvalue weighted by Crippen LogP contribution is 2.27. The van der Waals surface area contributed by atoms with Crippen LogP contribution in [0.25, 0.3) is 6.08 Å². The minimum Gasteiger partial charge on any atom is -0.267 e. The Morgan fingerprint density at radius 1 is 1.14 bits per heavy atom. The molecule has 0 radical (unpaired) electrons. The monoisotopic (exact) mass is 314 g/mol. The Balaban J connectivity index is 2.02. The first kappa shape index (κ1) is 14.5. The molecule has 22 heavy (non-hydrogen) atoms. The van der Waals surface area contributed by atoms with E-state index >= 15 is 0 Å². The number of halogens is 2. The van der Waals surface area contributed by atoms with Crippen LogP contribution < -0.4 is 5.01 Å². The molecule has 1 aliphatic rings. The lowest BCUT2D eigenvalue weighted by atomic mass is 10.1. The summed E-state index contributed by atoms with van der Waals surface area (Å²) in [5.74, 6) is -0.776. The summed E-state index contributed by atoms with van der Waals surface area (Å²) in [6.45, 7) is 1.71. The van der Waals surface area contributed by atoms with E-state index in [1.54, 1.807) is 25.1 Å². The van der Waals surface area contributed by atoms with Crippen molar-refractivity contribution in [3.05, 3.63) is 70.5 Å². The molecular weight excluding hydrogens is 303 g/mol. The Kier molecular flexibility index (Phi) is 3.77. The topological polar surface area (TPSA) is 32.7 Å². The molecule has 0 N–H and O–H groups in total. The third-order valence-electron chi connectivity index (χ3n) is 3.35. The van der Waals surface area contributed by atoms with Crippen LogP contribution in [0.1, 0.15) is 12.5 Å². The zero-order valence-electron chi connectivity index (χ0n) is 11.8. The third-order valence-corrected chi connectivity index (χ3v) is 3.68. The third kappa shape index (κ3) is 2.53. The summed E-state index contributed by atoms with van der Waals surface area (Å²) in [6, 6.07) is 13.5. The Morgan fingerprint density at radius 3 is 2.55 bits per heavy atom. The second-order valence-corrected chi connectivity index (χ2v) is 5.24. The van der Waals surface area contributed by atoms with Gasteiger partial charge in [-0.05, 0) is 37.3 Å². The van der Waals surface area contributed by atoms with Crippen LogP contribution in [-0.2, 0) is 4.79 Å². The molecule has 1 aliphatic heterocycles. The van der Waals surface area contributed by atoms with Crippen molar-refractivity contribution in [1.82, 2.24) is 0 Å². The van der Waals surface area contributed by atoms with Gasteiger partial charge in [-0.2, -0.15) is 10.1 Å². The van der Waals surface area contributed by atoms with Gasteiger partial charge in [0.05, 0.1) is 22.0 Å². The van der Waals surface area contributed by atoms with Gasteiger partial charge >= 0.3 is 0 Å². The molecular formula is C17H12ClFN2O. The van der Waals surface area contributed by atoms with E-state index in [1.165, 1.54) is 23.2 Å². The molecule has 0 fully saturated rings. The average molecular weight is 315 g/mol. The molecule has 5 heteroatoms. The zero-order chi connectivity index (χ0) is 15.7. The number of nitrogens with zero attached hydrogens (tertiary/aromatic N) is 2. The van der Waals surface area contributed by atoms with Crippen LogP contribution in [0, 0.1) is 5.82 Å². The van der Waals surface area contributed by atoms with E-state index in [0.29, 0.717) is 17.0 Å². The molecule has 1 heterocycles.